The van der Waals surface area contributed by atoms with E-state index in [4.69, 9.17) is 25.8 Å². The minimum atomic E-state index is -0.631. The molecule has 31 heavy (non-hydrogen) atoms. The summed E-state index contributed by atoms with van der Waals surface area (Å²) in [5.41, 5.74) is 5.47. The monoisotopic (exact) mass is 446 g/mol. The molecule has 0 fully saturated rings. The highest BCUT2D eigenvalue weighted by Crippen LogP contribution is 2.30. The van der Waals surface area contributed by atoms with Crippen molar-refractivity contribution in [3.8, 4) is 22.9 Å². The Bertz CT molecular complexity index is 1090. The van der Waals surface area contributed by atoms with E-state index in [1.807, 2.05) is 6.92 Å². The molecule has 0 aliphatic rings. The van der Waals surface area contributed by atoms with E-state index in [-0.39, 0.29) is 21.9 Å². The second-order valence-corrected chi connectivity index (χ2v) is 6.37. The third kappa shape index (κ3) is 4.83. The van der Waals surface area contributed by atoms with E-state index in [9.17, 15) is 9.59 Å². The lowest BCUT2D eigenvalue weighted by Gasteiger charge is -2.14. The number of nitrogens with zero attached hydrogens (tertiary/aromatic N) is 4. The Kier molecular flexibility index (Phi) is 6.88. The first-order chi connectivity index (χ1) is 15.0. The van der Waals surface area contributed by atoms with Crippen molar-refractivity contribution in [3.63, 3.8) is 0 Å². The Morgan fingerprint density at radius 3 is 2.42 bits per heavy atom. The fourth-order valence-corrected chi connectivity index (χ4v) is 2.92. The molecule has 0 atom stereocenters. The number of hydrazine groups is 1. The second-order valence-electron chi connectivity index (χ2n) is 5.97. The van der Waals surface area contributed by atoms with Crippen LogP contribution in [0.15, 0.2) is 36.7 Å². The Morgan fingerprint density at radius 2 is 1.77 bits per heavy atom. The number of ether oxygens (including phenoxy) is 3. The number of hydrogen-bond acceptors (Lipinski definition) is 8. The summed E-state index contributed by atoms with van der Waals surface area (Å²) in [5.74, 6) is -0.0668. The molecule has 2 aromatic carbocycles. The second kappa shape index (κ2) is 9.76. The van der Waals surface area contributed by atoms with Crippen LogP contribution in [0.4, 0.5) is 0 Å². The molecule has 0 saturated heterocycles. The molecule has 0 saturated carbocycles. The van der Waals surface area contributed by atoms with Crippen molar-refractivity contribution in [1.29, 1.82) is 0 Å². The summed E-state index contributed by atoms with van der Waals surface area (Å²) in [6, 6.07) is 7.56. The van der Waals surface area contributed by atoms with Gasteiger partial charge in [-0.05, 0) is 41.6 Å². The Balaban J connectivity index is 1.75. The molecule has 2 N–H and O–H groups in total. The molecule has 12 heteroatoms. The summed E-state index contributed by atoms with van der Waals surface area (Å²) in [5, 5.41) is 11.1. The van der Waals surface area contributed by atoms with Gasteiger partial charge in [0.15, 0.2) is 11.5 Å². The van der Waals surface area contributed by atoms with Gasteiger partial charge in [0.1, 0.15) is 12.1 Å². The summed E-state index contributed by atoms with van der Waals surface area (Å²) in [6.45, 7) is 2.29. The van der Waals surface area contributed by atoms with Crippen molar-refractivity contribution in [1.82, 2.24) is 31.1 Å². The maximum absolute atomic E-state index is 12.6. The lowest BCUT2D eigenvalue weighted by molar-refractivity contribution is 0.0844. The summed E-state index contributed by atoms with van der Waals surface area (Å²) in [6.07, 6.45) is 1.35. The van der Waals surface area contributed by atoms with Crippen LogP contribution in [0.1, 0.15) is 27.6 Å². The molecule has 0 unspecified atom stereocenters. The van der Waals surface area contributed by atoms with E-state index in [2.05, 4.69) is 26.4 Å². The largest absolute Gasteiger partial charge is 0.496 e. The average molecular weight is 447 g/mol. The van der Waals surface area contributed by atoms with E-state index in [1.54, 1.807) is 12.1 Å². The van der Waals surface area contributed by atoms with Crippen LogP contribution >= 0.6 is 11.6 Å². The predicted octanol–water partition coefficient (Wildman–Crippen LogP) is 1.81. The molecule has 0 aliphatic carbocycles. The number of tetrazole rings is 1. The summed E-state index contributed by atoms with van der Waals surface area (Å²) >= 11 is 6.26. The van der Waals surface area contributed by atoms with E-state index in [0.717, 1.165) is 0 Å². The van der Waals surface area contributed by atoms with Crippen LogP contribution in [-0.2, 0) is 0 Å². The number of carbonyl (C=O) groups is 2. The molecule has 0 radical (unpaired) electrons. The van der Waals surface area contributed by atoms with Crippen molar-refractivity contribution < 1.29 is 23.8 Å². The highest BCUT2D eigenvalue weighted by atomic mass is 35.5. The van der Waals surface area contributed by atoms with Crippen LogP contribution in [0.25, 0.3) is 5.69 Å². The number of amides is 2. The maximum Gasteiger partial charge on any atom is 0.273 e. The van der Waals surface area contributed by atoms with Gasteiger partial charge in [0.2, 0.25) is 0 Å². The molecular weight excluding hydrogens is 428 g/mol. The highest BCUT2D eigenvalue weighted by molar-refractivity contribution is 6.33. The molecule has 0 bridgehead atoms. The third-order valence-electron chi connectivity index (χ3n) is 4.12. The van der Waals surface area contributed by atoms with E-state index >= 15 is 0 Å². The number of methoxy groups -OCH3 is 2. The average Bonchev–Trinajstić information content (AvgIpc) is 3.32. The van der Waals surface area contributed by atoms with Gasteiger partial charge in [0.25, 0.3) is 11.8 Å². The van der Waals surface area contributed by atoms with Crippen LogP contribution < -0.4 is 25.1 Å². The standard InChI is InChI=1S/C19H19ClN6O5/c1-4-31-15-6-5-11(7-17(15)30-3)18(27)22-23-19(28)12-8-13(20)14(9-16(12)29-2)26-10-21-24-25-26/h5-10H,4H2,1-3H3,(H,22,27)(H,23,28). The maximum atomic E-state index is 12.6. The van der Waals surface area contributed by atoms with E-state index in [0.29, 0.717) is 23.8 Å². The molecule has 3 rings (SSSR count). The van der Waals surface area contributed by atoms with Crippen molar-refractivity contribution in [3.05, 3.63) is 52.8 Å². The Labute approximate surface area is 182 Å². The molecule has 0 aliphatic heterocycles. The van der Waals surface area contributed by atoms with Crippen molar-refractivity contribution in [2.24, 2.45) is 0 Å². The van der Waals surface area contributed by atoms with Crippen molar-refractivity contribution in [2.75, 3.05) is 20.8 Å². The van der Waals surface area contributed by atoms with Crippen LogP contribution in [0.5, 0.6) is 17.2 Å². The number of aromatic nitrogens is 4. The van der Waals surface area contributed by atoms with Gasteiger partial charge in [0.05, 0.1) is 37.1 Å². The topological polar surface area (TPSA) is 129 Å². The van der Waals surface area contributed by atoms with Gasteiger partial charge in [-0.1, -0.05) is 11.6 Å². The van der Waals surface area contributed by atoms with Gasteiger partial charge in [-0.3, -0.25) is 20.4 Å². The fraction of sp³-hybridized carbons (Fsp3) is 0.211. The number of benzene rings is 2. The van der Waals surface area contributed by atoms with Crippen LogP contribution in [-0.4, -0.2) is 52.8 Å². The summed E-state index contributed by atoms with van der Waals surface area (Å²) in [4.78, 5) is 25.1. The van der Waals surface area contributed by atoms with Crippen molar-refractivity contribution in [2.45, 2.75) is 6.92 Å². The van der Waals surface area contributed by atoms with Crippen LogP contribution in [0.3, 0.4) is 0 Å². The van der Waals surface area contributed by atoms with Crippen LogP contribution in [0.2, 0.25) is 5.02 Å². The number of rotatable bonds is 7. The molecular formula is C19H19ClN6O5. The van der Waals surface area contributed by atoms with Gasteiger partial charge in [0, 0.05) is 11.6 Å². The molecule has 162 valence electrons. The first-order valence-corrected chi connectivity index (χ1v) is 9.38. The van der Waals surface area contributed by atoms with Gasteiger partial charge in [-0.25, -0.2) is 0 Å². The fourth-order valence-electron chi connectivity index (χ4n) is 2.67. The third-order valence-corrected chi connectivity index (χ3v) is 4.43. The summed E-state index contributed by atoms with van der Waals surface area (Å²) < 4.78 is 17.3. The lowest BCUT2D eigenvalue weighted by Crippen LogP contribution is -2.41. The van der Waals surface area contributed by atoms with Crippen molar-refractivity contribution >= 4 is 23.4 Å². The molecule has 2 amide bonds. The van der Waals surface area contributed by atoms with E-state index < -0.39 is 11.8 Å². The smallest absolute Gasteiger partial charge is 0.273 e. The number of hydrogen-bond donors (Lipinski definition) is 2. The number of halogens is 1. The molecule has 3 aromatic rings. The van der Waals surface area contributed by atoms with Gasteiger partial charge >= 0.3 is 0 Å². The molecule has 11 nitrogen and oxygen atoms in total. The normalized spacial score (nSPS) is 10.3. The van der Waals surface area contributed by atoms with Gasteiger partial charge in [-0.15, -0.1) is 5.10 Å². The summed E-state index contributed by atoms with van der Waals surface area (Å²) in [7, 11) is 2.87. The first kappa shape index (κ1) is 21.8. The van der Waals surface area contributed by atoms with Gasteiger partial charge in [-0.2, -0.15) is 4.68 Å². The van der Waals surface area contributed by atoms with Gasteiger partial charge < -0.3 is 14.2 Å². The molecule has 1 heterocycles. The molecule has 1 aromatic heterocycles. The zero-order valence-corrected chi connectivity index (χ0v) is 17.6. The Morgan fingerprint density at radius 1 is 1.03 bits per heavy atom. The number of nitrogens with one attached hydrogen (secondary N) is 2. The first-order valence-electron chi connectivity index (χ1n) is 9.00. The lowest BCUT2D eigenvalue weighted by atomic mass is 10.1. The van der Waals surface area contributed by atoms with E-state index in [1.165, 1.54) is 43.4 Å². The molecule has 0 spiro atoms. The Hall–Kier alpha value is -3.86. The predicted molar refractivity (Wildman–Crippen MR) is 110 cm³/mol. The number of carbonyl (C=O) groups excluding carboxylic acids is 2. The minimum absolute atomic E-state index is 0.105. The SMILES string of the molecule is CCOc1ccc(C(=O)NNC(=O)c2cc(Cl)c(-n3cnnn3)cc2OC)cc1OC. The quantitative estimate of drug-likeness (QED) is 0.525. The minimum Gasteiger partial charge on any atom is -0.496 e. The zero-order valence-electron chi connectivity index (χ0n) is 16.9. The highest BCUT2D eigenvalue weighted by Gasteiger charge is 2.19. The van der Waals surface area contributed by atoms with Crippen LogP contribution in [0, 0.1) is 0 Å². The zero-order chi connectivity index (χ0) is 22.4.